The summed E-state index contributed by atoms with van der Waals surface area (Å²) in [5.41, 5.74) is 0. The van der Waals surface area contributed by atoms with Crippen molar-refractivity contribution in [2.75, 3.05) is 26.2 Å². The van der Waals surface area contributed by atoms with E-state index in [-0.39, 0.29) is 11.9 Å². The summed E-state index contributed by atoms with van der Waals surface area (Å²) in [4.78, 5) is 26.9. The van der Waals surface area contributed by atoms with Gasteiger partial charge in [-0.1, -0.05) is 19.8 Å². The Morgan fingerprint density at radius 1 is 1.04 bits per heavy atom. The highest BCUT2D eigenvalue weighted by atomic mass is 16.2. The van der Waals surface area contributed by atoms with Gasteiger partial charge in [0.05, 0.1) is 6.04 Å². The minimum absolute atomic E-state index is 0.00461. The highest BCUT2D eigenvalue weighted by Crippen LogP contribution is 2.31. The van der Waals surface area contributed by atoms with Crippen molar-refractivity contribution in [2.45, 2.75) is 70.8 Å². The smallest absolute Gasteiger partial charge is 0.237 e. The van der Waals surface area contributed by atoms with Crippen LogP contribution in [0.15, 0.2) is 0 Å². The summed E-state index contributed by atoms with van der Waals surface area (Å²) in [6, 6.07) is -0.00461. The van der Waals surface area contributed by atoms with Crippen LogP contribution in [-0.2, 0) is 9.59 Å². The molecule has 0 radical (unpaired) electrons. The number of rotatable bonds is 5. The van der Waals surface area contributed by atoms with Gasteiger partial charge in [-0.15, -0.1) is 0 Å². The maximum absolute atomic E-state index is 12.7. The molecule has 2 unspecified atom stereocenters. The van der Waals surface area contributed by atoms with Crippen molar-refractivity contribution in [3.05, 3.63) is 0 Å². The van der Waals surface area contributed by atoms with Crippen molar-refractivity contribution in [1.82, 2.24) is 15.5 Å². The predicted molar refractivity (Wildman–Crippen MR) is 99.1 cm³/mol. The molecule has 2 amide bonds. The summed E-state index contributed by atoms with van der Waals surface area (Å²) in [6.45, 7) is 5.70. The summed E-state index contributed by atoms with van der Waals surface area (Å²) in [7, 11) is 0. The largest absolute Gasteiger partial charge is 0.354 e. The highest BCUT2D eigenvalue weighted by molar-refractivity contribution is 5.82. The van der Waals surface area contributed by atoms with E-state index in [0.717, 1.165) is 57.7 Å². The Morgan fingerprint density at radius 2 is 1.84 bits per heavy atom. The highest BCUT2D eigenvalue weighted by Gasteiger charge is 2.28. The van der Waals surface area contributed by atoms with Crippen molar-refractivity contribution >= 4 is 11.8 Å². The molecule has 0 spiro atoms. The van der Waals surface area contributed by atoms with Gasteiger partial charge in [-0.05, 0) is 62.8 Å². The summed E-state index contributed by atoms with van der Waals surface area (Å²) < 4.78 is 0. The fourth-order valence-corrected chi connectivity index (χ4v) is 4.64. The second-order valence-electron chi connectivity index (χ2n) is 8.57. The van der Waals surface area contributed by atoms with Gasteiger partial charge in [-0.2, -0.15) is 0 Å². The molecule has 3 rings (SSSR count). The molecular weight excluding hydrogens is 314 g/mol. The summed E-state index contributed by atoms with van der Waals surface area (Å²) in [5, 5.41) is 6.34. The number of piperidine rings is 1. The molecule has 25 heavy (non-hydrogen) atoms. The lowest BCUT2D eigenvalue weighted by Gasteiger charge is -2.35. The topological polar surface area (TPSA) is 61.4 Å². The lowest BCUT2D eigenvalue weighted by Crippen LogP contribution is -2.47. The molecule has 142 valence electrons. The first-order chi connectivity index (χ1) is 12.1. The van der Waals surface area contributed by atoms with E-state index in [1.165, 1.54) is 25.7 Å². The molecule has 0 bridgehead atoms. The van der Waals surface area contributed by atoms with Crippen LogP contribution in [0.4, 0.5) is 0 Å². The molecular formula is C20H35N3O2. The third-order valence-electron chi connectivity index (χ3n) is 6.41. The molecule has 0 aromatic heterocycles. The number of amides is 2. The standard InChI is InChI=1S/C20H35N3O2/c1-15-6-8-16(9-7-15)12-19(24)23-11-3-4-17(14-23)13-22-20(25)18-5-2-10-21-18/h15-18,21H,2-14H2,1H3,(H,22,25). The SMILES string of the molecule is CC1CCC(CC(=O)N2CCCC(CNC(=O)C3CCCN3)C2)CC1. The maximum atomic E-state index is 12.7. The molecule has 2 N–H and O–H groups in total. The van der Waals surface area contributed by atoms with Crippen LogP contribution in [0.5, 0.6) is 0 Å². The number of hydrogen-bond donors (Lipinski definition) is 2. The van der Waals surface area contributed by atoms with Crippen LogP contribution in [0.25, 0.3) is 0 Å². The zero-order valence-corrected chi connectivity index (χ0v) is 15.8. The fraction of sp³-hybridized carbons (Fsp3) is 0.900. The Kier molecular flexibility index (Phi) is 6.74. The second kappa shape index (κ2) is 9.02. The zero-order chi connectivity index (χ0) is 17.6. The fourth-order valence-electron chi connectivity index (χ4n) is 4.64. The summed E-state index contributed by atoms with van der Waals surface area (Å²) >= 11 is 0. The molecule has 2 atom stereocenters. The van der Waals surface area contributed by atoms with E-state index in [0.29, 0.717) is 24.3 Å². The number of hydrogen-bond acceptors (Lipinski definition) is 3. The minimum Gasteiger partial charge on any atom is -0.354 e. The van der Waals surface area contributed by atoms with Crippen molar-refractivity contribution in [1.29, 1.82) is 0 Å². The summed E-state index contributed by atoms with van der Waals surface area (Å²) in [5.74, 6) is 2.32. The van der Waals surface area contributed by atoms with Crippen LogP contribution in [-0.4, -0.2) is 48.9 Å². The number of carbonyl (C=O) groups excluding carboxylic acids is 2. The van der Waals surface area contributed by atoms with Crippen LogP contribution in [0.2, 0.25) is 0 Å². The van der Waals surface area contributed by atoms with Crippen LogP contribution in [0, 0.1) is 17.8 Å². The van der Waals surface area contributed by atoms with E-state index < -0.39 is 0 Å². The Labute approximate surface area is 152 Å². The Bertz CT molecular complexity index is 454. The van der Waals surface area contributed by atoms with E-state index in [1.807, 2.05) is 0 Å². The lowest BCUT2D eigenvalue weighted by molar-refractivity contribution is -0.134. The molecule has 5 heteroatoms. The number of nitrogens with zero attached hydrogens (tertiary/aromatic N) is 1. The van der Waals surface area contributed by atoms with Gasteiger partial charge in [-0.25, -0.2) is 0 Å². The Balaban J connectivity index is 1.39. The average molecular weight is 350 g/mol. The monoisotopic (exact) mass is 349 g/mol. The van der Waals surface area contributed by atoms with E-state index in [1.54, 1.807) is 0 Å². The number of carbonyl (C=O) groups is 2. The van der Waals surface area contributed by atoms with Gasteiger partial charge in [0.2, 0.25) is 11.8 Å². The third-order valence-corrected chi connectivity index (χ3v) is 6.41. The molecule has 1 saturated carbocycles. The molecule has 3 aliphatic rings. The van der Waals surface area contributed by atoms with Gasteiger partial charge < -0.3 is 15.5 Å². The maximum Gasteiger partial charge on any atom is 0.237 e. The molecule has 2 saturated heterocycles. The van der Waals surface area contributed by atoms with Crippen LogP contribution >= 0.6 is 0 Å². The van der Waals surface area contributed by atoms with Crippen molar-refractivity contribution < 1.29 is 9.59 Å². The quantitative estimate of drug-likeness (QED) is 0.801. The van der Waals surface area contributed by atoms with Crippen LogP contribution < -0.4 is 10.6 Å². The van der Waals surface area contributed by atoms with Crippen LogP contribution in [0.3, 0.4) is 0 Å². The van der Waals surface area contributed by atoms with Gasteiger partial charge in [-0.3, -0.25) is 9.59 Å². The Morgan fingerprint density at radius 3 is 2.56 bits per heavy atom. The molecule has 2 heterocycles. The van der Waals surface area contributed by atoms with E-state index in [9.17, 15) is 9.59 Å². The number of nitrogens with one attached hydrogen (secondary N) is 2. The first-order valence-corrected chi connectivity index (χ1v) is 10.4. The zero-order valence-electron chi connectivity index (χ0n) is 15.8. The van der Waals surface area contributed by atoms with Gasteiger partial charge in [0, 0.05) is 26.1 Å². The Hall–Kier alpha value is -1.10. The van der Waals surface area contributed by atoms with Crippen molar-refractivity contribution in [3.63, 3.8) is 0 Å². The van der Waals surface area contributed by atoms with E-state index in [4.69, 9.17) is 0 Å². The second-order valence-corrected chi connectivity index (χ2v) is 8.57. The van der Waals surface area contributed by atoms with E-state index >= 15 is 0 Å². The predicted octanol–water partition coefficient (Wildman–Crippen LogP) is 2.31. The molecule has 2 aliphatic heterocycles. The van der Waals surface area contributed by atoms with Gasteiger partial charge >= 0.3 is 0 Å². The van der Waals surface area contributed by atoms with Crippen LogP contribution in [0.1, 0.15) is 64.7 Å². The molecule has 0 aromatic carbocycles. The molecule has 1 aliphatic carbocycles. The van der Waals surface area contributed by atoms with Gasteiger partial charge in [0.25, 0.3) is 0 Å². The van der Waals surface area contributed by atoms with Gasteiger partial charge in [0.1, 0.15) is 0 Å². The first kappa shape index (κ1) is 18.7. The third kappa shape index (κ3) is 5.44. The number of likely N-dealkylation sites (tertiary alicyclic amines) is 1. The molecule has 5 nitrogen and oxygen atoms in total. The lowest BCUT2D eigenvalue weighted by atomic mass is 9.81. The molecule has 3 fully saturated rings. The van der Waals surface area contributed by atoms with Crippen molar-refractivity contribution in [3.8, 4) is 0 Å². The minimum atomic E-state index is -0.00461. The molecule has 0 aromatic rings. The van der Waals surface area contributed by atoms with Crippen molar-refractivity contribution in [2.24, 2.45) is 17.8 Å². The van der Waals surface area contributed by atoms with Gasteiger partial charge in [0.15, 0.2) is 0 Å². The average Bonchev–Trinajstić information content (AvgIpc) is 3.16. The summed E-state index contributed by atoms with van der Waals surface area (Å²) in [6.07, 6.45) is 9.94. The van der Waals surface area contributed by atoms with E-state index in [2.05, 4.69) is 22.5 Å². The first-order valence-electron chi connectivity index (χ1n) is 10.4. The normalized spacial score (nSPS) is 33.2.